The number of aromatic nitrogens is 2. The molecule has 1 aliphatic heterocycles. The molecule has 0 spiro atoms. The molecule has 0 atom stereocenters. The Labute approximate surface area is 143 Å². The number of benzene rings is 1. The summed E-state index contributed by atoms with van der Waals surface area (Å²) in [6.07, 6.45) is 0.905. The zero-order valence-corrected chi connectivity index (χ0v) is 15.2. The number of rotatable bonds is 4. The first kappa shape index (κ1) is 17.0. The second kappa shape index (κ2) is 6.57. The fraction of sp³-hybridized carbons (Fsp3) is 0.471. The summed E-state index contributed by atoms with van der Waals surface area (Å²) in [5.41, 5.74) is 4.22. The molecule has 0 unspecified atom stereocenters. The summed E-state index contributed by atoms with van der Waals surface area (Å²) in [5, 5.41) is 7.21. The van der Waals surface area contributed by atoms with Crippen LogP contribution < -0.4 is 4.90 Å². The van der Waals surface area contributed by atoms with E-state index in [0.29, 0.717) is 31.1 Å². The van der Waals surface area contributed by atoms with Gasteiger partial charge in [-0.1, -0.05) is 19.1 Å². The van der Waals surface area contributed by atoms with E-state index in [1.807, 2.05) is 26.0 Å². The third kappa shape index (κ3) is 3.06. The molecule has 7 heteroatoms. The van der Waals surface area contributed by atoms with Crippen LogP contribution in [0.5, 0.6) is 0 Å². The summed E-state index contributed by atoms with van der Waals surface area (Å²) in [7, 11) is -3.42. The number of hydrogen-bond acceptors (Lipinski definition) is 4. The average molecular weight is 348 g/mol. The van der Waals surface area contributed by atoms with Gasteiger partial charge in [-0.25, -0.2) is 8.42 Å². The Morgan fingerprint density at radius 3 is 2.21 bits per heavy atom. The van der Waals surface area contributed by atoms with Gasteiger partial charge in [-0.05, 0) is 38.0 Å². The number of aryl methyl sites for hydroxylation is 3. The van der Waals surface area contributed by atoms with Crippen LogP contribution in [-0.2, 0) is 16.4 Å². The van der Waals surface area contributed by atoms with Gasteiger partial charge in [-0.2, -0.15) is 9.40 Å². The van der Waals surface area contributed by atoms with Crippen molar-refractivity contribution in [1.29, 1.82) is 0 Å². The lowest BCUT2D eigenvalue weighted by Crippen LogP contribution is -2.48. The highest BCUT2D eigenvalue weighted by molar-refractivity contribution is 7.89. The van der Waals surface area contributed by atoms with Gasteiger partial charge in [0.25, 0.3) is 0 Å². The number of H-pyrrole nitrogens is 1. The van der Waals surface area contributed by atoms with Crippen molar-refractivity contribution in [3.8, 4) is 0 Å². The fourth-order valence-corrected chi connectivity index (χ4v) is 4.63. The summed E-state index contributed by atoms with van der Waals surface area (Å²) in [5.74, 6) is 0. The van der Waals surface area contributed by atoms with Gasteiger partial charge in [0.15, 0.2) is 0 Å². The lowest BCUT2D eigenvalue weighted by Gasteiger charge is -2.35. The summed E-state index contributed by atoms with van der Waals surface area (Å²) >= 11 is 0. The lowest BCUT2D eigenvalue weighted by molar-refractivity contribution is 0.384. The van der Waals surface area contributed by atoms with Gasteiger partial charge in [0, 0.05) is 26.2 Å². The first-order valence-corrected chi connectivity index (χ1v) is 9.73. The largest absolute Gasteiger partial charge is 0.366 e. The van der Waals surface area contributed by atoms with Crippen LogP contribution in [0.1, 0.15) is 23.9 Å². The molecule has 6 nitrogen and oxygen atoms in total. The van der Waals surface area contributed by atoms with Crippen molar-refractivity contribution in [2.24, 2.45) is 0 Å². The Bertz CT molecular complexity index is 784. The van der Waals surface area contributed by atoms with Crippen LogP contribution in [0, 0.1) is 13.8 Å². The second-order valence-corrected chi connectivity index (χ2v) is 8.11. The molecule has 1 aliphatic rings. The average Bonchev–Trinajstić information content (AvgIpc) is 2.93. The Morgan fingerprint density at radius 2 is 1.71 bits per heavy atom. The molecule has 0 aliphatic carbocycles. The predicted molar refractivity (Wildman–Crippen MR) is 94.9 cm³/mol. The van der Waals surface area contributed by atoms with Crippen LogP contribution >= 0.6 is 0 Å². The zero-order valence-electron chi connectivity index (χ0n) is 14.4. The molecule has 3 rings (SSSR count). The van der Waals surface area contributed by atoms with Crippen LogP contribution in [-0.4, -0.2) is 49.1 Å². The van der Waals surface area contributed by atoms with Crippen molar-refractivity contribution in [2.75, 3.05) is 31.1 Å². The van der Waals surface area contributed by atoms with E-state index in [9.17, 15) is 8.42 Å². The van der Waals surface area contributed by atoms with Crippen molar-refractivity contribution in [3.63, 3.8) is 0 Å². The van der Waals surface area contributed by atoms with Crippen molar-refractivity contribution in [1.82, 2.24) is 14.5 Å². The van der Waals surface area contributed by atoms with Crippen LogP contribution in [0.2, 0.25) is 0 Å². The Hall–Kier alpha value is -1.86. The molecule has 0 radical (unpaired) electrons. The number of aromatic amines is 1. The summed E-state index contributed by atoms with van der Waals surface area (Å²) in [6, 6.07) is 7.21. The zero-order chi connectivity index (χ0) is 17.3. The van der Waals surface area contributed by atoms with E-state index in [-0.39, 0.29) is 0 Å². The van der Waals surface area contributed by atoms with Crippen LogP contribution in [0.4, 0.5) is 5.69 Å². The van der Waals surface area contributed by atoms with Crippen LogP contribution in [0.25, 0.3) is 0 Å². The van der Waals surface area contributed by atoms with Crippen molar-refractivity contribution >= 4 is 15.7 Å². The van der Waals surface area contributed by atoms with E-state index in [2.05, 4.69) is 22.0 Å². The number of nitrogens with one attached hydrogen (secondary N) is 1. The van der Waals surface area contributed by atoms with Gasteiger partial charge in [0.1, 0.15) is 0 Å². The summed E-state index contributed by atoms with van der Waals surface area (Å²) in [6.45, 7) is 8.35. The van der Waals surface area contributed by atoms with E-state index in [4.69, 9.17) is 0 Å². The standard InChI is InChI=1S/C17H24N4O2S/c1-4-15-5-7-16(8-6-15)24(22,23)21-11-9-20(10-12-21)17-13(2)18-19-14(17)3/h5-8H,4,9-12H2,1-3H3,(H,18,19). The Balaban J connectivity index is 1.73. The van der Waals surface area contributed by atoms with Gasteiger partial charge < -0.3 is 4.90 Å². The molecule has 1 saturated heterocycles. The fourth-order valence-electron chi connectivity index (χ4n) is 3.21. The molecule has 2 heterocycles. The maximum atomic E-state index is 12.8. The van der Waals surface area contributed by atoms with Crippen LogP contribution in [0.15, 0.2) is 29.2 Å². The number of sulfonamides is 1. The monoisotopic (exact) mass is 348 g/mol. The minimum atomic E-state index is -3.42. The van der Waals surface area contributed by atoms with E-state index >= 15 is 0 Å². The van der Waals surface area contributed by atoms with Gasteiger partial charge in [0.2, 0.25) is 10.0 Å². The predicted octanol–water partition coefficient (Wildman–Crippen LogP) is 2.10. The number of piperazine rings is 1. The molecule has 24 heavy (non-hydrogen) atoms. The van der Waals surface area contributed by atoms with Gasteiger partial charge in [-0.15, -0.1) is 0 Å². The third-order valence-corrected chi connectivity index (χ3v) is 6.53. The molecule has 2 aromatic rings. The molecular formula is C17H24N4O2S. The van der Waals surface area contributed by atoms with Crippen molar-refractivity contribution < 1.29 is 8.42 Å². The molecule has 1 N–H and O–H groups in total. The van der Waals surface area contributed by atoms with Gasteiger partial charge in [-0.3, -0.25) is 5.10 Å². The minimum absolute atomic E-state index is 0.379. The molecule has 0 bridgehead atoms. The maximum Gasteiger partial charge on any atom is 0.243 e. The number of hydrogen-bond donors (Lipinski definition) is 1. The minimum Gasteiger partial charge on any atom is -0.366 e. The highest BCUT2D eigenvalue weighted by Gasteiger charge is 2.29. The smallest absolute Gasteiger partial charge is 0.243 e. The van der Waals surface area contributed by atoms with E-state index < -0.39 is 10.0 Å². The molecule has 1 aromatic carbocycles. The molecule has 0 amide bonds. The van der Waals surface area contributed by atoms with E-state index in [1.165, 1.54) is 0 Å². The Kier molecular flexibility index (Phi) is 4.64. The quantitative estimate of drug-likeness (QED) is 0.919. The van der Waals surface area contributed by atoms with Gasteiger partial charge in [0.05, 0.1) is 22.0 Å². The topological polar surface area (TPSA) is 69.3 Å². The Morgan fingerprint density at radius 1 is 1.08 bits per heavy atom. The van der Waals surface area contributed by atoms with Crippen molar-refractivity contribution in [2.45, 2.75) is 32.1 Å². The molecule has 130 valence electrons. The molecule has 0 saturated carbocycles. The summed E-state index contributed by atoms with van der Waals surface area (Å²) < 4.78 is 27.2. The molecular weight excluding hydrogens is 324 g/mol. The number of anilines is 1. The SMILES string of the molecule is CCc1ccc(S(=O)(=O)N2CCN(c3c(C)n[nH]c3C)CC2)cc1. The molecule has 1 aromatic heterocycles. The summed E-state index contributed by atoms with van der Waals surface area (Å²) in [4.78, 5) is 2.59. The van der Waals surface area contributed by atoms with Crippen molar-refractivity contribution in [3.05, 3.63) is 41.2 Å². The van der Waals surface area contributed by atoms with E-state index in [0.717, 1.165) is 29.1 Å². The van der Waals surface area contributed by atoms with Gasteiger partial charge >= 0.3 is 0 Å². The lowest BCUT2D eigenvalue weighted by atomic mass is 10.2. The van der Waals surface area contributed by atoms with E-state index in [1.54, 1.807) is 16.4 Å². The highest BCUT2D eigenvalue weighted by atomic mass is 32.2. The first-order chi connectivity index (χ1) is 11.4. The molecule has 1 fully saturated rings. The highest BCUT2D eigenvalue weighted by Crippen LogP contribution is 2.25. The normalized spacial score (nSPS) is 16.5. The maximum absolute atomic E-state index is 12.8. The second-order valence-electron chi connectivity index (χ2n) is 6.17. The number of nitrogens with zero attached hydrogens (tertiary/aromatic N) is 3. The first-order valence-electron chi connectivity index (χ1n) is 8.29. The van der Waals surface area contributed by atoms with Crippen LogP contribution in [0.3, 0.4) is 0 Å². The third-order valence-electron chi connectivity index (χ3n) is 4.61.